The van der Waals surface area contributed by atoms with E-state index in [0.29, 0.717) is 11.4 Å². The molecule has 1 aromatic carbocycles. The summed E-state index contributed by atoms with van der Waals surface area (Å²) in [6, 6.07) is 7.27. The van der Waals surface area contributed by atoms with Crippen molar-refractivity contribution in [2.24, 2.45) is 0 Å². The van der Waals surface area contributed by atoms with Crippen molar-refractivity contribution in [3.8, 4) is 0 Å². The van der Waals surface area contributed by atoms with E-state index >= 15 is 0 Å². The third kappa shape index (κ3) is 3.51. The number of ether oxygens (including phenoxy) is 1. The first-order valence-corrected chi connectivity index (χ1v) is 7.21. The van der Waals surface area contributed by atoms with Crippen molar-refractivity contribution in [3.63, 3.8) is 0 Å². The number of allylic oxidation sites excluding steroid dienone is 1. The molecule has 1 aliphatic rings. The fraction of sp³-hybridized carbons (Fsp3) is 0.438. The van der Waals surface area contributed by atoms with Crippen LogP contribution in [0.15, 0.2) is 36.6 Å². The Morgan fingerprint density at radius 2 is 1.64 bits per heavy atom. The first-order valence-electron chi connectivity index (χ1n) is 7.21. The Bertz CT molecular complexity index is 564. The largest absolute Gasteiger partial charge is 0.494 e. The molecule has 1 saturated heterocycles. The molecule has 6 heteroatoms. The van der Waals surface area contributed by atoms with E-state index in [1.807, 2.05) is 39.8 Å². The van der Waals surface area contributed by atoms with Gasteiger partial charge in [-0.05, 0) is 52.2 Å². The maximum Gasteiger partial charge on any atom is 0.494 e. The quantitative estimate of drug-likeness (QED) is 0.688. The van der Waals surface area contributed by atoms with Gasteiger partial charge in [0.15, 0.2) is 0 Å². The standard InChI is InChI=1S/C16H22BNO4/c1-11(2)20-14(19)18-13-9-7-12(8-10-13)17-21-15(3,4)16(5,6)22-17/h7-10H,1H2,2-6H3,(H,18,19). The van der Waals surface area contributed by atoms with E-state index < -0.39 is 13.2 Å². The molecule has 1 aromatic rings. The van der Waals surface area contributed by atoms with Gasteiger partial charge in [-0.15, -0.1) is 0 Å². The average Bonchev–Trinajstić information content (AvgIpc) is 2.58. The normalized spacial score (nSPS) is 18.9. The Kier molecular flexibility index (Phi) is 4.36. The summed E-state index contributed by atoms with van der Waals surface area (Å²) in [4.78, 5) is 11.5. The fourth-order valence-electron chi connectivity index (χ4n) is 2.00. The van der Waals surface area contributed by atoms with E-state index in [0.717, 1.165) is 5.46 Å². The highest BCUT2D eigenvalue weighted by Crippen LogP contribution is 2.36. The summed E-state index contributed by atoms with van der Waals surface area (Å²) in [7, 11) is -0.415. The van der Waals surface area contributed by atoms with Gasteiger partial charge >= 0.3 is 13.2 Å². The third-order valence-electron chi connectivity index (χ3n) is 3.95. The Labute approximate surface area is 131 Å². The molecule has 0 atom stereocenters. The summed E-state index contributed by atoms with van der Waals surface area (Å²) >= 11 is 0. The van der Waals surface area contributed by atoms with Gasteiger partial charge in [0.2, 0.25) is 0 Å². The number of amides is 1. The number of rotatable bonds is 3. The molecule has 0 radical (unpaired) electrons. The van der Waals surface area contributed by atoms with E-state index in [1.54, 1.807) is 19.1 Å². The van der Waals surface area contributed by atoms with Crippen LogP contribution in [0.1, 0.15) is 34.6 Å². The smallest absolute Gasteiger partial charge is 0.416 e. The third-order valence-corrected chi connectivity index (χ3v) is 3.95. The second-order valence-corrected chi connectivity index (χ2v) is 6.43. The molecule has 0 aliphatic carbocycles. The lowest BCUT2D eigenvalue weighted by atomic mass is 9.79. The zero-order valence-corrected chi connectivity index (χ0v) is 13.7. The van der Waals surface area contributed by atoms with Gasteiger partial charge in [-0.2, -0.15) is 0 Å². The van der Waals surface area contributed by atoms with Crippen LogP contribution in [0.4, 0.5) is 10.5 Å². The molecule has 1 N–H and O–H groups in total. The summed E-state index contributed by atoms with van der Waals surface area (Å²) in [5, 5.41) is 2.62. The molecule has 0 aromatic heterocycles. The van der Waals surface area contributed by atoms with Gasteiger partial charge in [0.05, 0.1) is 17.0 Å². The van der Waals surface area contributed by atoms with Gasteiger partial charge in [-0.3, -0.25) is 5.32 Å². The Hall–Kier alpha value is -1.79. The summed E-state index contributed by atoms with van der Waals surface area (Å²) in [6.45, 7) is 13.2. The number of hydrogen-bond acceptors (Lipinski definition) is 4. The lowest BCUT2D eigenvalue weighted by Gasteiger charge is -2.32. The predicted octanol–water partition coefficient (Wildman–Crippen LogP) is 3.07. The molecule has 1 heterocycles. The van der Waals surface area contributed by atoms with Crippen LogP contribution >= 0.6 is 0 Å². The van der Waals surface area contributed by atoms with Crippen molar-refractivity contribution in [2.75, 3.05) is 5.32 Å². The van der Waals surface area contributed by atoms with Crippen LogP contribution in [-0.4, -0.2) is 24.4 Å². The Morgan fingerprint density at radius 1 is 1.14 bits per heavy atom. The van der Waals surface area contributed by atoms with Crippen LogP contribution in [0, 0.1) is 0 Å². The van der Waals surface area contributed by atoms with Crippen LogP contribution < -0.4 is 10.8 Å². The zero-order valence-electron chi connectivity index (χ0n) is 13.7. The van der Waals surface area contributed by atoms with E-state index in [4.69, 9.17) is 14.0 Å². The molecule has 0 spiro atoms. The van der Waals surface area contributed by atoms with Crippen LogP contribution in [0.2, 0.25) is 0 Å². The van der Waals surface area contributed by atoms with Gasteiger partial charge in [0, 0.05) is 5.69 Å². The van der Waals surface area contributed by atoms with Gasteiger partial charge < -0.3 is 14.0 Å². The van der Waals surface area contributed by atoms with E-state index in [-0.39, 0.29) is 11.2 Å². The first kappa shape index (κ1) is 16.6. The average molecular weight is 303 g/mol. The lowest BCUT2D eigenvalue weighted by Crippen LogP contribution is -2.41. The van der Waals surface area contributed by atoms with Crippen molar-refractivity contribution in [2.45, 2.75) is 45.8 Å². The van der Waals surface area contributed by atoms with Crippen molar-refractivity contribution in [1.29, 1.82) is 0 Å². The molecule has 1 amide bonds. The molecular formula is C16H22BNO4. The molecule has 0 unspecified atom stereocenters. The van der Waals surface area contributed by atoms with Crippen molar-refractivity contribution < 1.29 is 18.8 Å². The minimum absolute atomic E-state index is 0.339. The highest BCUT2D eigenvalue weighted by atomic mass is 16.7. The summed E-state index contributed by atoms with van der Waals surface area (Å²) in [5.41, 5.74) is 0.781. The van der Waals surface area contributed by atoms with Crippen LogP contribution in [0.3, 0.4) is 0 Å². The number of carbonyl (C=O) groups excluding carboxylic acids is 1. The van der Waals surface area contributed by atoms with Gasteiger partial charge in [0.1, 0.15) is 0 Å². The predicted molar refractivity (Wildman–Crippen MR) is 87.1 cm³/mol. The van der Waals surface area contributed by atoms with Crippen molar-refractivity contribution in [3.05, 3.63) is 36.6 Å². The van der Waals surface area contributed by atoms with Crippen molar-refractivity contribution in [1.82, 2.24) is 0 Å². The zero-order chi connectivity index (χ0) is 16.5. The Balaban J connectivity index is 2.04. The second-order valence-electron chi connectivity index (χ2n) is 6.43. The van der Waals surface area contributed by atoms with E-state index in [1.165, 1.54) is 0 Å². The van der Waals surface area contributed by atoms with Gasteiger partial charge in [0.25, 0.3) is 0 Å². The molecule has 5 nitrogen and oxygen atoms in total. The van der Waals surface area contributed by atoms with E-state index in [9.17, 15) is 4.79 Å². The number of hydrogen-bond donors (Lipinski definition) is 1. The minimum atomic E-state index is -0.559. The maximum absolute atomic E-state index is 11.5. The highest BCUT2D eigenvalue weighted by molar-refractivity contribution is 6.62. The maximum atomic E-state index is 11.5. The fourth-order valence-corrected chi connectivity index (χ4v) is 2.00. The molecule has 22 heavy (non-hydrogen) atoms. The lowest BCUT2D eigenvalue weighted by molar-refractivity contribution is 0.00578. The highest BCUT2D eigenvalue weighted by Gasteiger charge is 2.51. The van der Waals surface area contributed by atoms with Crippen LogP contribution in [-0.2, 0) is 14.0 Å². The molecule has 0 saturated carbocycles. The number of anilines is 1. The number of benzene rings is 1. The molecule has 0 bridgehead atoms. The number of nitrogens with one attached hydrogen (secondary N) is 1. The molecule has 1 aliphatic heterocycles. The summed E-state index contributed by atoms with van der Waals surface area (Å²) < 4.78 is 16.8. The molecule has 2 rings (SSSR count). The van der Waals surface area contributed by atoms with Crippen LogP contribution in [0.25, 0.3) is 0 Å². The first-order chi connectivity index (χ1) is 10.1. The van der Waals surface area contributed by atoms with Crippen LogP contribution in [0.5, 0.6) is 0 Å². The van der Waals surface area contributed by atoms with Gasteiger partial charge in [-0.1, -0.05) is 18.7 Å². The summed E-state index contributed by atoms with van der Waals surface area (Å²) in [6.07, 6.45) is -0.559. The van der Waals surface area contributed by atoms with Crippen molar-refractivity contribution >= 4 is 24.4 Å². The molecule has 118 valence electrons. The monoisotopic (exact) mass is 303 g/mol. The van der Waals surface area contributed by atoms with E-state index in [2.05, 4.69) is 11.9 Å². The summed E-state index contributed by atoms with van der Waals surface area (Å²) in [5.74, 6) is 0.339. The topological polar surface area (TPSA) is 56.8 Å². The minimum Gasteiger partial charge on any atom is -0.416 e. The SMILES string of the molecule is C=C(C)OC(=O)Nc1ccc(B2OC(C)(C)C(C)(C)O2)cc1. The second kappa shape index (κ2) is 5.78. The molecular weight excluding hydrogens is 281 g/mol. The Morgan fingerprint density at radius 3 is 2.09 bits per heavy atom. The number of carbonyl (C=O) groups is 1. The molecule has 1 fully saturated rings. The van der Waals surface area contributed by atoms with Gasteiger partial charge in [-0.25, -0.2) is 4.79 Å².